The first-order chi connectivity index (χ1) is 10.6. The first kappa shape index (κ1) is 16.8. The van der Waals surface area contributed by atoms with Crippen LogP contribution in [0.1, 0.15) is 45.1 Å². The van der Waals surface area contributed by atoms with Gasteiger partial charge < -0.3 is 19.5 Å². The average molecular weight is 309 g/mol. The van der Waals surface area contributed by atoms with Crippen molar-refractivity contribution in [3.8, 4) is 0 Å². The van der Waals surface area contributed by atoms with E-state index in [9.17, 15) is 4.79 Å². The molecule has 22 heavy (non-hydrogen) atoms. The van der Waals surface area contributed by atoms with Gasteiger partial charge in [-0.05, 0) is 32.1 Å². The van der Waals surface area contributed by atoms with Gasteiger partial charge in [-0.3, -0.25) is 0 Å². The van der Waals surface area contributed by atoms with E-state index < -0.39 is 0 Å². The highest BCUT2D eigenvalue weighted by Crippen LogP contribution is 2.13. The average Bonchev–Trinajstić information content (AvgIpc) is 2.92. The van der Waals surface area contributed by atoms with Gasteiger partial charge in [0.25, 0.3) is 0 Å². The smallest absolute Gasteiger partial charge is 0.409 e. The second-order valence-electron chi connectivity index (χ2n) is 6.22. The van der Waals surface area contributed by atoms with Gasteiger partial charge in [-0.15, -0.1) is 0 Å². The third-order valence-corrected chi connectivity index (χ3v) is 3.81. The summed E-state index contributed by atoms with van der Waals surface area (Å²) in [5.74, 6) is 1.46. The predicted molar refractivity (Wildman–Crippen MR) is 83.5 cm³/mol. The van der Waals surface area contributed by atoms with Crippen molar-refractivity contribution in [2.75, 3.05) is 19.7 Å². The third-order valence-electron chi connectivity index (χ3n) is 3.81. The molecule has 1 amide bonds. The van der Waals surface area contributed by atoms with Gasteiger partial charge >= 0.3 is 6.09 Å². The van der Waals surface area contributed by atoms with Gasteiger partial charge in [0, 0.05) is 25.2 Å². The van der Waals surface area contributed by atoms with Crippen LogP contribution in [0.5, 0.6) is 0 Å². The van der Waals surface area contributed by atoms with Gasteiger partial charge in [-0.1, -0.05) is 19.0 Å². The number of nitrogens with zero attached hydrogens (tertiary/aromatic N) is 2. The SMILES string of the molecule is CCOC(=O)N1CCC(NCc2cc(CC(C)C)no2)CC1. The summed E-state index contributed by atoms with van der Waals surface area (Å²) in [6.07, 6.45) is 2.62. The number of hydrogen-bond donors (Lipinski definition) is 1. The lowest BCUT2D eigenvalue weighted by Crippen LogP contribution is -2.44. The molecule has 2 heterocycles. The Bertz CT molecular complexity index is 465. The molecule has 1 aliphatic heterocycles. The highest BCUT2D eigenvalue weighted by Gasteiger charge is 2.23. The molecule has 1 aromatic rings. The lowest BCUT2D eigenvalue weighted by molar-refractivity contribution is 0.0948. The molecule has 1 aromatic heterocycles. The van der Waals surface area contributed by atoms with Crippen LogP contribution in [0.2, 0.25) is 0 Å². The lowest BCUT2D eigenvalue weighted by atomic mass is 10.1. The van der Waals surface area contributed by atoms with E-state index in [4.69, 9.17) is 9.26 Å². The van der Waals surface area contributed by atoms with Crippen LogP contribution in [-0.4, -0.2) is 41.9 Å². The highest BCUT2D eigenvalue weighted by molar-refractivity contribution is 5.67. The number of carbonyl (C=O) groups excluding carboxylic acids is 1. The topological polar surface area (TPSA) is 67.6 Å². The number of carbonyl (C=O) groups is 1. The fraction of sp³-hybridized carbons (Fsp3) is 0.750. The number of hydrogen-bond acceptors (Lipinski definition) is 5. The van der Waals surface area contributed by atoms with Crippen molar-refractivity contribution in [2.24, 2.45) is 5.92 Å². The molecule has 0 saturated carbocycles. The Morgan fingerprint density at radius 1 is 1.50 bits per heavy atom. The molecular formula is C16H27N3O3. The van der Waals surface area contributed by atoms with Crippen LogP contribution in [0.15, 0.2) is 10.6 Å². The summed E-state index contributed by atoms with van der Waals surface area (Å²) in [6.45, 7) is 8.78. The summed E-state index contributed by atoms with van der Waals surface area (Å²) in [4.78, 5) is 13.4. The molecule has 0 radical (unpaired) electrons. The molecule has 1 saturated heterocycles. The molecule has 1 N–H and O–H groups in total. The molecule has 124 valence electrons. The van der Waals surface area contributed by atoms with Crippen molar-refractivity contribution >= 4 is 6.09 Å². The summed E-state index contributed by atoms with van der Waals surface area (Å²) in [5, 5.41) is 7.57. The van der Waals surface area contributed by atoms with Crippen LogP contribution in [0.3, 0.4) is 0 Å². The minimum Gasteiger partial charge on any atom is -0.450 e. The Morgan fingerprint density at radius 2 is 2.23 bits per heavy atom. The van der Waals surface area contributed by atoms with Crippen LogP contribution in [0.4, 0.5) is 4.79 Å². The Hall–Kier alpha value is -1.56. The van der Waals surface area contributed by atoms with Crippen LogP contribution in [-0.2, 0) is 17.7 Å². The number of aromatic nitrogens is 1. The van der Waals surface area contributed by atoms with Gasteiger partial charge in [0.15, 0.2) is 5.76 Å². The Labute approximate surface area is 132 Å². The minimum atomic E-state index is -0.200. The molecule has 0 aromatic carbocycles. The van der Waals surface area contributed by atoms with E-state index in [1.165, 1.54) is 0 Å². The molecular weight excluding hydrogens is 282 g/mol. The highest BCUT2D eigenvalue weighted by atomic mass is 16.6. The zero-order valence-corrected chi connectivity index (χ0v) is 13.8. The van der Waals surface area contributed by atoms with Crippen molar-refractivity contribution < 1.29 is 14.1 Å². The van der Waals surface area contributed by atoms with Crippen molar-refractivity contribution in [3.63, 3.8) is 0 Å². The fourth-order valence-corrected chi connectivity index (χ4v) is 2.68. The van der Waals surface area contributed by atoms with E-state index in [1.54, 1.807) is 4.90 Å². The number of piperidine rings is 1. The zero-order chi connectivity index (χ0) is 15.9. The largest absolute Gasteiger partial charge is 0.450 e. The van der Waals surface area contributed by atoms with Gasteiger partial charge in [-0.25, -0.2) is 4.79 Å². The summed E-state index contributed by atoms with van der Waals surface area (Å²) in [7, 11) is 0. The first-order valence-electron chi connectivity index (χ1n) is 8.18. The van der Waals surface area contributed by atoms with E-state index in [0.717, 1.165) is 43.8 Å². The Kier molecular flexibility index (Phi) is 6.24. The zero-order valence-electron chi connectivity index (χ0n) is 13.8. The molecule has 0 aliphatic carbocycles. The van der Waals surface area contributed by atoms with E-state index in [0.29, 0.717) is 25.1 Å². The number of likely N-dealkylation sites (tertiary alicyclic amines) is 1. The van der Waals surface area contributed by atoms with Crippen LogP contribution >= 0.6 is 0 Å². The quantitative estimate of drug-likeness (QED) is 0.875. The molecule has 1 fully saturated rings. The van der Waals surface area contributed by atoms with Crippen molar-refractivity contribution in [2.45, 2.75) is 52.6 Å². The van der Waals surface area contributed by atoms with E-state index in [2.05, 4.69) is 24.3 Å². The molecule has 0 unspecified atom stereocenters. The van der Waals surface area contributed by atoms with Crippen LogP contribution in [0.25, 0.3) is 0 Å². The monoisotopic (exact) mass is 309 g/mol. The summed E-state index contributed by atoms with van der Waals surface area (Å²) >= 11 is 0. The van der Waals surface area contributed by atoms with Crippen LogP contribution in [0, 0.1) is 5.92 Å². The van der Waals surface area contributed by atoms with Crippen molar-refractivity contribution in [1.82, 2.24) is 15.4 Å². The molecule has 2 rings (SSSR count). The fourth-order valence-electron chi connectivity index (χ4n) is 2.68. The number of nitrogens with one attached hydrogen (secondary N) is 1. The maximum Gasteiger partial charge on any atom is 0.409 e. The molecule has 6 nitrogen and oxygen atoms in total. The molecule has 0 spiro atoms. The lowest BCUT2D eigenvalue weighted by Gasteiger charge is -2.31. The standard InChI is InChI=1S/C16H27N3O3/c1-4-21-16(20)19-7-5-13(6-8-19)17-11-15-10-14(18-22-15)9-12(2)3/h10,12-13,17H,4-9,11H2,1-3H3. The third kappa shape index (κ3) is 5.02. The van der Waals surface area contributed by atoms with E-state index in [-0.39, 0.29) is 6.09 Å². The minimum absolute atomic E-state index is 0.200. The van der Waals surface area contributed by atoms with Crippen molar-refractivity contribution in [1.29, 1.82) is 0 Å². The Balaban J connectivity index is 1.70. The molecule has 0 bridgehead atoms. The number of rotatable bonds is 6. The maximum atomic E-state index is 11.6. The first-order valence-corrected chi connectivity index (χ1v) is 8.18. The van der Waals surface area contributed by atoms with E-state index in [1.807, 2.05) is 13.0 Å². The van der Waals surface area contributed by atoms with E-state index >= 15 is 0 Å². The molecule has 6 heteroatoms. The number of ether oxygens (including phenoxy) is 1. The summed E-state index contributed by atoms with van der Waals surface area (Å²) in [6, 6.07) is 2.44. The summed E-state index contributed by atoms with van der Waals surface area (Å²) < 4.78 is 10.4. The number of amides is 1. The second kappa shape index (κ2) is 8.17. The molecule has 1 aliphatic rings. The predicted octanol–water partition coefficient (Wildman–Crippen LogP) is 2.58. The molecule has 0 atom stereocenters. The summed E-state index contributed by atoms with van der Waals surface area (Å²) in [5.41, 5.74) is 1.02. The van der Waals surface area contributed by atoms with Gasteiger partial charge in [0.1, 0.15) is 0 Å². The Morgan fingerprint density at radius 3 is 2.86 bits per heavy atom. The second-order valence-corrected chi connectivity index (χ2v) is 6.22. The van der Waals surface area contributed by atoms with Gasteiger partial charge in [0.05, 0.1) is 18.8 Å². The van der Waals surface area contributed by atoms with Crippen molar-refractivity contribution in [3.05, 3.63) is 17.5 Å². The normalized spacial score (nSPS) is 16.3. The maximum absolute atomic E-state index is 11.6. The van der Waals surface area contributed by atoms with Crippen LogP contribution < -0.4 is 5.32 Å². The van der Waals surface area contributed by atoms with Gasteiger partial charge in [-0.2, -0.15) is 0 Å². The van der Waals surface area contributed by atoms with Gasteiger partial charge in [0.2, 0.25) is 0 Å².